The van der Waals surface area contributed by atoms with Gasteiger partial charge in [0, 0.05) is 36.0 Å². The van der Waals surface area contributed by atoms with Crippen molar-refractivity contribution in [2.75, 3.05) is 11.4 Å². The predicted octanol–water partition coefficient (Wildman–Crippen LogP) is 2.86. The number of rotatable bonds is 3. The number of aliphatic hydroxyl groups excluding tert-OH is 1. The molecule has 0 radical (unpaired) electrons. The Morgan fingerprint density at radius 1 is 1.42 bits per heavy atom. The molecule has 1 N–H and O–H groups in total. The van der Waals surface area contributed by atoms with Gasteiger partial charge in [-0.15, -0.1) is 0 Å². The number of nitro groups is 1. The van der Waals surface area contributed by atoms with Gasteiger partial charge in [0.25, 0.3) is 5.69 Å². The second-order valence-corrected chi connectivity index (χ2v) is 5.12. The van der Waals surface area contributed by atoms with Gasteiger partial charge in [-0.2, -0.15) is 0 Å². The van der Waals surface area contributed by atoms with Crippen molar-refractivity contribution in [1.82, 2.24) is 0 Å². The Morgan fingerprint density at radius 3 is 2.89 bits per heavy atom. The summed E-state index contributed by atoms with van der Waals surface area (Å²) in [4.78, 5) is 12.6. The summed E-state index contributed by atoms with van der Waals surface area (Å²) in [5.74, 6) is 0. The van der Waals surface area contributed by atoms with Crippen LogP contribution in [0.15, 0.2) is 18.2 Å². The van der Waals surface area contributed by atoms with E-state index in [4.69, 9.17) is 0 Å². The van der Waals surface area contributed by atoms with Crippen molar-refractivity contribution in [2.45, 2.75) is 45.3 Å². The van der Waals surface area contributed by atoms with Gasteiger partial charge in [0.2, 0.25) is 0 Å². The first-order valence-electron chi connectivity index (χ1n) is 6.78. The second-order valence-electron chi connectivity index (χ2n) is 5.12. The van der Waals surface area contributed by atoms with Crippen LogP contribution in [0.4, 0.5) is 11.4 Å². The summed E-state index contributed by atoms with van der Waals surface area (Å²) >= 11 is 0. The summed E-state index contributed by atoms with van der Waals surface area (Å²) in [5.41, 5.74) is 1.61. The lowest BCUT2D eigenvalue weighted by Crippen LogP contribution is -2.33. The van der Waals surface area contributed by atoms with Gasteiger partial charge in [0.1, 0.15) is 0 Å². The topological polar surface area (TPSA) is 66.6 Å². The summed E-state index contributed by atoms with van der Waals surface area (Å²) < 4.78 is 0. The summed E-state index contributed by atoms with van der Waals surface area (Å²) in [5, 5.41) is 20.2. The van der Waals surface area contributed by atoms with Crippen molar-refractivity contribution in [2.24, 2.45) is 0 Å². The number of nitro benzene ring substituents is 1. The first-order chi connectivity index (χ1) is 9.13. The molecule has 1 heterocycles. The zero-order chi connectivity index (χ0) is 13.8. The molecule has 104 valence electrons. The maximum atomic E-state index is 10.8. The minimum atomic E-state index is -0.422. The molecule has 1 aromatic rings. The predicted molar refractivity (Wildman–Crippen MR) is 74.3 cm³/mol. The van der Waals surface area contributed by atoms with E-state index in [0.29, 0.717) is 11.6 Å². The Bertz CT molecular complexity index is 462. The van der Waals surface area contributed by atoms with Crippen molar-refractivity contribution in [1.29, 1.82) is 0 Å². The summed E-state index contributed by atoms with van der Waals surface area (Å²) in [6.07, 6.45) is 4.70. The van der Waals surface area contributed by atoms with Gasteiger partial charge < -0.3 is 10.0 Å². The van der Waals surface area contributed by atoms with Gasteiger partial charge in [0.05, 0.1) is 11.5 Å². The van der Waals surface area contributed by atoms with E-state index in [-0.39, 0.29) is 12.3 Å². The molecule has 1 atom stereocenters. The molecule has 1 aliphatic rings. The van der Waals surface area contributed by atoms with Crippen molar-refractivity contribution in [3.8, 4) is 0 Å². The van der Waals surface area contributed by atoms with Crippen LogP contribution in [0.5, 0.6) is 0 Å². The monoisotopic (exact) mass is 264 g/mol. The van der Waals surface area contributed by atoms with E-state index in [1.807, 2.05) is 0 Å². The highest BCUT2D eigenvalue weighted by Gasteiger charge is 2.21. The molecule has 1 aliphatic heterocycles. The molecule has 0 saturated carbocycles. The quantitative estimate of drug-likeness (QED) is 0.673. The smallest absolute Gasteiger partial charge is 0.269 e. The van der Waals surface area contributed by atoms with Crippen LogP contribution in [0.25, 0.3) is 0 Å². The van der Waals surface area contributed by atoms with Gasteiger partial charge in [-0.1, -0.05) is 12.8 Å². The van der Waals surface area contributed by atoms with Crippen LogP contribution in [0.3, 0.4) is 0 Å². The lowest BCUT2D eigenvalue weighted by Gasteiger charge is -2.31. The molecule has 19 heavy (non-hydrogen) atoms. The highest BCUT2D eigenvalue weighted by molar-refractivity contribution is 5.58. The van der Waals surface area contributed by atoms with E-state index in [1.54, 1.807) is 6.07 Å². The van der Waals surface area contributed by atoms with Crippen molar-refractivity contribution in [3.05, 3.63) is 33.9 Å². The fourth-order valence-electron chi connectivity index (χ4n) is 2.73. The van der Waals surface area contributed by atoms with Crippen LogP contribution in [0.1, 0.15) is 38.2 Å². The largest absolute Gasteiger partial charge is 0.392 e. The van der Waals surface area contributed by atoms with E-state index < -0.39 is 4.92 Å². The van der Waals surface area contributed by atoms with Gasteiger partial charge in [-0.25, -0.2) is 0 Å². The van der Waals surface area contributed by atoms with Crippen molar-refractivity contribution >= 4 is 11.4 Å². The zero-order valence-electron chi connectivity index (χ0n) is 11.2. The number of non-ortho nitro benzene ring substituents is 1. The van der Waals surface area contributed by atoms with E-state index in [2.05, 4.69) is 11.8 Å². The molecule has 0 amide bonds. The van der Waals surface area contributed by atoms with Gasteiger partial charge in [0.15, 0.2) is 0 Å². The lowest BCUT2D eigenvalue weighted by molar-refractivity contribution is -0.384. The van der Waals surface area contributed by atoms with Crippen molar-refractivity contribution in [3.63, 3.8) is 0 Å². The van der Waals surface area contributed by atoms with Gasteiger partial charge >= 0.3 is 0 Å². The highest BCUT2D eigenvalue weighted by Crippen LogP contribution is 2.30. The van der Waals surface area contributed by atoms with Crippen LogP contribution < -0.4 is 4.90 Å². The number of hydrogen-bond acceptors (Lipinski definition) is 4. The van der Waals surface area contributed by atoms with E-state index >= 15 is 0 Å². The van der Waals surface area contributed by atoms with Crippen LogP contribution in [0.2, 0.25) is 0 Å². The SMILES string of the molecule is CC1CCCCCN1c1ccc([N+](=O)[O-])cc1CO. The number of benzene rings is 1. The Kier molecular flexibility index (Phi) is 4.37. The first-order valence-corrected chi connectivity index (χ1v) is 6.78. The van der Waals surface area contributed by atoms with Gasteiger partial charge in [-0.3, -0.25) is 10.1 Å². The molecule has 1 unspecified atom stereocenters. The number of anilines is 1. The Labute approximate surface area is 113 Å². The highest BCUT2D eigenvalue weighted by atomic mass is 16.6. The van der Waals surface area contributed by atoms with Crippen LogP contribution in [-0.4, -0.2) is 22.6 Å². The molecular weight excluding hydrogens is 244 g/mol. The summed E-state index contributed by atoms with van der Waals surface area (Å²) in [7, 11) is 0. The Hall–Kier alpha value is -1.62. The maximum absolute atomic E-state index is 10.8. The maximum Gasteiger partial charge on any atom is 0.269 e. The minimum absolute atomic E-state index is 0.0373. The molecule has 0 aromatic heterocycles. The molecule has 1 fully saturated rings. The molecule has 0 spiro atoms. The lowest BCUT2D eigenvalue weighted by atomic mass is 10.1. The molecule has 1 aromatic carbocycles. The fourth-order valence-corrected chi connectivity index (χ4v) is 2.73. The van der Waals surface area contributed by atoms with Crippen LogP contribution in [-0.2, 0) is 6.61 Å². The van der Waals surface area contributed by atoms with Gasteiger partial charge in [-0.05, 0) is 25.8 Å². The third kappa shape index (κ3) is 3.04. The van der Waals surface area contributed by atoms with E-state index in [1.165, 1.54) is 25.0 Å². The molecule has 2 rings (SSSR count). The van der Waals surface area contributed by atoms with Crippen LogP contribution in [0, 0.1) is 10.1 Å². The Morgan fingerprint density at radius 2 is 2.21 bits per heavy atom. The first kappa shape index (κ1) is 13.8. The molecule has 5 heteroatoms. The average molecular weight is 264 g/mol. The third-order valence-electron chi connectivity index (χ3n) is 3.81. The number of hydrogen-bond donors (Lipinski definition) is 1. The molecule has 0 aliphatic carbocycles. The number of nitrogens with zero attached hydrogens (tertiary/aromatic N) is 2. The standard InChI is InChI=1S/C14H20N2O3/c1-11-5-3-2-4-8-15(11)14-7-6-13(16(18)19)9-12(14)10-17/h6-7,9,11,17H,2-5,8,10H2,1H3. The number of aliphatic hydroxyl groups is 1. The second kappa shape index (κ2) is 6.02. The minimum Gasteiger partial charge on any atom is -0.392 e. The van der Waals surface area contributed by atoms with E-state index in [0.717, 1.165) is 25.1 Å². The van der Waals surface area contributed by atoms with Crippen molar-refractivity contribution < 1.29 is 10.0 Å². The van der Waals surface area contributed by atoms with E-state index in [9.17, 15) is 15.2 Å². The molecule has 0 bridgehead atoms. The Balaban J connectivity index is 2.34. The molecule has 1 saturated heterocycles. The summed E-state index contributed by atoms with van der Waals surface area (Å²) in [6.45, 7) is 2.96. The summed E-state index contributed by atoms with van der Waals surface area (Å²) in [6, 6.07) is 5.18. The fraction of sp³-hybridized carbons (Fsp3) is 0.571. The average Bonchev–Trinajstić information content (AvgIpc) is 2.62. The molecular formula is C14H20N2O3. The third-order valence-corrected chi connectivity index (χ3v) is 3.81. The molecule has 5 nitrogen and oxygen atoms in total. The normalized spacial score (nSPS) is 20.1. The van der Waals surface area contributed by atoms with Crippen LogP contribution >= 0.6 is 0 Å². The zero-order valence-corrected chi connectivity index (χ0v) is 11.2.